The lowest BCUT2D eigenvalue weighted by Gasteiger charge is -2.36. The highest BCUT2D eigenvalue weighted by Gasteiger charge is 2.35. The number of aryl methyl sites for hydroxylation is 1. The van der Waals surface area contributed by atoms with Gasteiger partial charge < -0.3 is 30.9 Å². The maximum Gasteiger partial charge on any atom is 0.278 e. The molecule has 0 saturated carbocycles. The lowest BCUT2D eigenvalue weighted by molar-refractivity contribution is -0.344. The summed E-state index contributed by atoms with van der Waals surface area (Å²) in [4.78, 5) is 2.22. The molecule has 2 aromatic rings. The van der Waals surface area contributed by atoms with E-state index >= 15 is 0 Å². The lowest BCUT2D eigenvalue weighted by atomic mass is 9.94. The highest BCUT2D eigenvalue weighted by atomic mass is 16.7. The van der Waals surface area contributed by atoms with E-state index in [1.54, 1.807) is 0 Å². The van der Waals surface area contributed by atoms with Crippen molar-refractivity contribution < 1.29 is 15.3 Å². The highest BCUT2D eigenvalue weighted by Crippen LogP contribution is 2.31. The van der Waals surface area contributed by atoms with Crippen molar-refractivity contribution in [2.45, 2.75) is 38.8 Å². The molecule has 6 heteroatoms. The van der Waals surface area contributed by atoms with Crippen LogP contribution in [0.15, 0.2) is 36.4 Å². The number of nitrogens with one attached hydrogen (secondary N) is 2. The van der Waals surface area contributed by atoms with Gasteiger partial charge in [-0.1, -0.05) is 6.07 Å². The fourth-order valence-corrected chi connectivity index (χ4v) is 4.04. The van der Waals surface area contributed by atoms with Crippen LogP contribution in [0.25, 0.3) is 0 Å². The maximum atomic E-state index is 9.36. The molecule has 2 heterocycles. The first-order valence-electron chi connectivity index (χ1n) is 9.52. The number of benzene rings is 2. The summed E-state index contributed by atoms with van der Waals surface area (Å²) in [5, 5.41) is 35.0. The Morgan fingerprint density at radius 1 is 1.00 bits per heavy atom. The Morgan fingerprint density at radius 2 is 1.74 bits per heavy atom. The normalized spacial score (nSPS) is 17.9. The van der Waals surface area contributed by atoms with Gasteiger partial charge in [-0.15, -0.1) is 0 Å². The zero-order valence-electron chi connectivity index (χ0n) is 15.6. The summed E-state index contributed by atoms with van der Waals surface area (Å²) in [6, 6.07) is 12.8. The Kier molecular flexibility index (Phi) is 4.82. The van der Waals surface area contributed by atoms with E-state index in [1.807, 2.05) is 0 Å². The zero-order chi connectivity index (χ0) is 19.0. The number of fused-ring (bicyclic) bond motifs is 1. The van der Waals surface area contributed by atoms with E-state index in [4.69, 9.17) is 0 Å². The van der Waals surface area contributed by atoms with Gasteiger partial charge in [-0.2, -0.15) is 0 Å². The molecule has 2 aromatic carbocycles. The summed E-state index contributed by atoms with van der Waals surface area (Å²) in [5.74, 6) is -3.06. The molecule has 0 spiro atoms. The van der Waals surface area contributed by atoms with Gasteiger partial charge in [-0.3, -0.25) is 0 Å². The average Bonchev–Trinajstić information content (AvgIpc) is 3.10. The zero-order valence-corrected chi connectivity index (χ0v) is 15.6. The molecule has 0 atom stereocenters. The highest BCUT2D eigenvalue weighted by molar-refractivity contribution is 5.67. The van der Waals surface area contributed by atoms with E-state index in [0.29, 0.717) is 25.9 Å². The van der Waals surface area contributed by atoms with E-state index in [9.17, 15) is 15.3 Å². The number of piperidine rings is 1. The van der Waals surface area contributed by atoms with E-state index in [2.05, 4.69) is 58.9 Å². The van der Waals surface area contributed by atoms with Crippen molar-refractivity contribution in [2.24, 2.45) is 5.92 Å². The second-order valence-corrected chi connectivity index (χ2v) is 7.66. The summed E-state index contributed by atoms with van der Waals surface area (Å²) < 4.78 is 0. The van der Waals surface area contributed by atoms with Gasteiger partial charge in [-0.05, 0) is 66.8 Å². The first kappa shape index (κ1) is 18.3. The molecule has 2 aliphatic heterocycles. The number of nitrogens with zero attached hydrogens (tertiary/aromatic N) is 1. The Morgan fingerprint density at radius 3 is 2.44 bits per heavy atom. The van der Waals surface area contributed by atoms with Gasteiger partial charge in [0.15, 0.2) is 0 Å². The number of rotatable bonds is 4. The number of hydrogen-bond acceptors (Lipinski definition) is 6. The largest absolute Gasteiger partial charge is 0.371 e. The molecule has 0 aromatic heterocycles. The summed E-state index contributed by atoms with van der Waals surface area (Å²) in [6.45, 7) is 5.35. The predicted molar refractivity (Wildman–Crippen MR) is 106 cm³/mol. The van der Waals surface area contributed by atoms with Crippen molar-refractivity contribution in [3.63, 3.8) is 0 Å². The Labute approximate surface area is 159 Å². The summed E-state index contributed by atoms with van der Waals surface area (Å²) in [5.41, 5.74) is 7.18. The minimum absolute atomic E-state index is 0.495. The molecule has 0 bridgehead atoms. The van der Waals surface area contributed by atoms with Gasteiger partial charge in [0.2, 0.25) is 0 Å². The smallest absolute Gasteiger partial charge is 0.278 e. The SMILES string of the molecule is Cc1cc(N2CCC(C(O)(O)O)CC2)ccc1Nc1ccc2c(c1)CNC2. The van der Waals surface area contributed by atoms with Crippen LogP contribution in [0.4, 0.5) is 17.1 Å². The molecule has 0 amide bonds. The molecular formula is C21H27N3O3. The van der Waals surface area contributed by atoms with E-state index in [0.717, 1.165) is 35.7 Å². The molecule has 0 unspecified atom stereocenters. The topological polar surface area (TPSA) is 88.0 Å². The van der Waals surface area contributed by atoms with Crippen LogP contribution in [0, 0.1) is 12.8 Å². The number of hydrogen-bond donors (Lipinski definition) is 5. The van der Waals surface area contributed by atoms with Crippen LogP contribution in [-0.4, -0.2) is 34.4 Å². The van der Waals surface area contributed by atoms with Gasteiger partial charge in [-0.25, -0.2) is 0 Å². The Hall–Kier alpha value is -2.12. The van der Waals surface area contributed by atoms with Crippen LogP contribution in [0.2, 0.25) is 0 Å². The van der Waals surface area contributed by atoms with E-state index in [-0.39, 0.29) is 0 Å². The Bertz CT molecular complexity index is 824. The fraction of sp³-hybridized carbons (Fsp3) is 0.429. The lowest BCUT2D eigenvalue weighted by Crippen LogP contribution is -2.45. The van der Waals surface area contributed by atoms with Gasteiger partial charge in [0.25, 0.3) is 5.97 Å². The van der Waals surface area contributed by atoms with Crippen molar-refractivity contribution in [3.05, 3.63) is 53.1 Å². The van der Waals surface area contributed by atoms with E-state index < -0.39 is 11.9 Å². The van der Waals surface area contributed by atoms with Crippen LogP contribution in [0.3, 0.4) is 0 Å². The monoisotopic (exact) mass is 369 g/mol. The van der Waals surface area contributed by atoms with Gasteiger partial charge in [0, 0.05) is 49.2 Å². The van der Waals surface area contributed by atoms with E-state index in [1.165, 1.54) is 11.1 Å². The standard InChI is InChI=1S/C21H27N3O3/c1-14-10-19(24-8-6-17(7-9-24)21(25,26)27)4-5-20(14)23-18-3-2-15-12-22-13-16(15)11-18/h2-5,10-11,17,22-23,25-27H,6-9,12-13H2,1H3. The maximum absolute atomic E-state index is 9.36. The molecule has 4 rings (SSSR count). The third-order valence-corrected chi connectivity index (χ3v) is 5.73. The fourth-order valence-electron chi connectivity index (χ4n) is 4.04. The second kappa shape index (κ2) is 7.13. The summed E-state index contributed by atoms with van der Waals surface area (Å²) in [6.07, 6.45) is 1.09. The first-order valence-corrected chi connectivity index (χ1v) is 9.52. The van der Waals surface area contributed by atoms with Crippen LogP contribution >= 0.6 is 0 Å². The first-order chi connectivity index (χ1) is 12.9. The minimum atomic E-state index is -2.57. The molecular weight excluding hydrogens is 342 g/mol. The third kappa shape index (κ3) is 3.94. The average molecular weight is 369 g/mol. The molecule has 1 saturated heterocycles. The Balaban J connectivity index is 1.44. The third-order valence-electron chi connectivity index (χ3n) is 5.73. The van der Waals surface area contributed by atoms with Crippen molar-refractivity contribution >= 4 is 17.1 Å². The van der Waals surface area contributed by atoms with Crippen LogP contribution in [0.1, 0.15) is 29.5 Å². The second-order valence-electron chi connectivity index (χ2n) is 7.66. The molecule has 6 nitrogen and oxygen atoms in total. The van der Waals surface area contributed by atoms with Crippen molar-refractivity contribution in [1.29, 1.82) is 0 Å². The predicted octanol–water partition coefficient (Wildman–Crippen LogP) is 2.19. The van der Waals surface area contributed by atoms with Crippen molar-refractivity contribution in [2.75, 3.05) is 23.3 Å². The molecule has 5 N–H and O–H groups in total. The molecule has 0 radical (unpaired) electrons. The number of anilines is 3. The molecule has 144 valence electrons. The van der Waals surface area contributed by atoms with Crippen LogP contribution < -0.4 is 15.5 Å². The quantitative estimate of drug-likeness (QED) is 0.531. The van der Waals surface area contributed by atoms with Crippen LogP contribution in [-0.2, 0) is 13.1 Å². The molecule has 1 fully saturated rings. The van der Waals surface area contributed by atoms with Crippen molar-refractivity contribution in [1.82, 2.24) is 5.32 Å². The number of aliphatic hydroxyl groups is 3. The minimum Gasteiger partial charge on any atom is -0.371 e. The summed E-state index contributed by atoms with van der Waals surface area (Å²) >= 11 is 0. The van der Waals surface area contributed by atoms with Crippen molar-refractivity contribution in [3.8, 4) is 0 Å². The van der Waals surface area contributed by atoms with Gasteiger partial charge in [0.1, 0.15) is 0 Å². The molecule has 0 aliphatic carbocycles. The van der Waals surface area contributed by atoms with Gasteiger partial charge in [0.05, 0.1) is 0 Å². The molecule has 2 aliphatic rings. The van der Waals surface area contributed by atoms with Crippen LogP contribution in [0.5, 0.6) is 0 Å². The summed E-state index contributed by atoms with van der Waals surface area (Å²) in [7, 11) is 0. The van der Waals surface area contributed by atoms with Gasteiger partial charge >= 0.3 is 0 Å². The molecule has 27 heavy (non-hydrogen) atoms.